The number of halogens is 1. The van der Waals surface area contributed by atoms with E-state index in [4.69, 9.17) is 9.47 Å². The number of piperidine rings is 1. The smallest absolute Gasteiger partial charge is 0.255 e. The van der Waals surface area contributed by atoms with E-state index in [9.17, 15) is 4.79 Å². The Balaban J connectivity index is 1.93. The zero-order valence-electron chi connectivity index (χ0n) is 12.9. The second-order valence-corrected chi connectivity index (χ2v) is 6.26. The van der Waals surface area contributed by atoms with E-state index < -0.39 is 0 Å². The van der Waals surface area contributed by atoms with Crippen molar-refractivity contribution in [2.75, 3.05) is 33.4 Å². The molecule has 0 aromatic heterocycles. The highest BCUT2D eigenvalue weighted by molar-refractivity contribution is 9.10. The third-order valence-electron chi connectivity index (χ3n) is 3.89. The number of rotatable bonds is 6. The highest BCUT2D eigenvalue weighted by Crippen LogP contribution is 2.26. The Morgan fingerprint density at radius 3 is 2.82 bits per heavy atom. The van der Waals surface area contributed by atoms with Crippen LogP contribution in [0.25, 0.3) is 0 Å². The summed E-state index contributed by atoms with van der Waals surface area (Å²) in [6.45, 7) is 6.52. The van der Waals surface area contributed by atoms with Crippen LogP contribution in [0, 0.1) is 5.92 Å². The number of methoxy groups -OCH3 is 1. The number of nitrogens with zero attached hydrogens (tertiary/aromatic N) is 1. The molecule has 0 unspecified atom stereocenters. The van der Waals surface area contributed by atoms with Crippen molar-refractivity contribution in [3.8, 4) is 5.75 Å². The predicted molar refractivity (Wildman–Crippen MR) is 90.3 cm³/mol. The molecule has 1 aromatic rings. The molecule has 120 valence electrons. The molecule has 0 saturated carbocycles. The van der Waals surface area contributed by atoms with Gasteiger partial charge in [-0.05, 0) is 52.9 Å². The molecule has 0 atom stereocenters. The van der Waals surface area contributed by atoms with E-state index in [0.29, 0.717) is 23.8 Å². The van der Waals surface area contributed by atoms with Crippen molar-refractivity contribution < 1.29 is 14.3 Å². The van der Waals surface area contributed by atoms with E-state index in [0.717, 1.165) is 37.0 Å². The van der Waals surface area contributed by atoms with Crippen molar-refractivity contribution in [1.82, 2.24) is 4.90 Å². The summed E-state index contributed by atoms with van der Waals surface area (Å²) in [6, 6.07) is 5.47. The first-order valence-electron chi connectivity index (χ1n) is 7.47. The molecular formula is C17H22BrNO3. The molecule has 1 heterocycles. The van der Waals surface area contributed by atoms with Gasteiger partial charge in [0.1, 0.15) is 5.75 Å². The lowest BCUT2D eigenvalue weighted by Gasteiger charge is -2.32. The monoisotopic (exact) mass is 367 g/mol. The fourth-order valence-corrected chi connectivity index (χ4v) is 3.00. The Morgan fingerprint density at radius 1 is 1.45 bits per heavy atom. The zero-order chi connectivity index (χ0) is 15.9. The van der Waals surface area contributed by atoms with Crippen molar-refractivity contribution >= 4 is 21.8 Å². The first-order chi connectivity index (χ1) is 10.7. The molecule has 1 fully saturated rings. The van der Waals surface area contributed by atoms with Gasteiger partial charge in [-0.2, -0.15) is 0 Å². The van der Waals surface area contributed by atoms with E-state index in [2.05, 4.69) is 22.5 Å². The van der Waals surface area contributed by atoms with Crippen molar-refractivity contribution in [3.63, 3.8) is 0 Å². The highest BCUT2D eigenvalue weighted by Gasteiger charge is 2.25. The summed E-state index contributed by atoms with van der Waals surface area (Å²) >= 11 is 3.45. The normalized spacial score (nSPS) is 15.6. The number of ether oxygens (including phenoxy) is 2. The second kappa shape index (κ2) is 8.34. The van der Waals surface area contributed by atoms with Crippen LogP contribution in [0.2, 0.25) is 0 Å². The Morgan fingerprint density at radius 2 is 2.18 bits per heavy atom. The number of carbonyl (C=O) groups is 1. The van der Waals surface area contributed by atoms with Gasteiger partial charge in [-0.3, -0.25) is 4.79 Å². The van der Waals surface area contributed by atoms with Crippen molar-refractivity contribution in [1.29, 1.82) is 0 Å². The van der Waals surface area contributed by atoms with Crippen LogP contribution >= 0.6 is 15.9 Å². The molecular weight excluding hydrogens is 346 g/mol. The first-order valence-corrected chi connectivity index (χ1v) is 8.26. The van der Waals surface area contributed by atoms with Gasteiger partial charge in [-0.15, -0.1) is 6.58 Å². The number of likely N-dealkylation sites (tertiary alicyclic amines) is 1. The van der Waals surface area contributed by atoms with Crippen LogP contribution in [0.4, 0.5) is 0 Å². The largest absolute Gasteiger partial charge is 0.497 e. The predicted octanol–water partition coefficient (Wildman–Crippen LogP) is 3.51. The summed E-state index contributed by atoms with van der Waals surface area (Å²) in [6.07, 6.45) is 3.72. The SMILES string of the molecule is C=CCOCC1CCN(C(=O)c2cc(OC)ccc2Br)CC1. The molecule has 1 aliphatic rings. The molecule has 0 spiro atoms. The summed E-state index contributed by atoms with van der Waals surface area (Å²) < 4.78 is 11.5. The number of carbonyl (C=O) groups excluding carboxylic acids is 1. The quantitative estimate of drug-likeness (QED) is 0.570. The molecule has 0 N–H and O–H groups in total. The van der Waals surface area contributed by atoms with Gasteiger partial charge in [0, 0.05) is 24.2 Å². The number of benzene rings is 1. The van der Waals surface area contributed by atoms with E-state index in [1.54, 1.807) is 19.3 Å². The standard InChI is InChI=1S/C17H22BrNO3/c1-3-10-22-12-13-6-8-19(9-7-13)17(20)15-11-14(21-2)4-5-16(15)18/h3-5,11,13H,1,6-10,12H2,2H3. The Labute approximate surface area is 140 Å². The maximum atomic E-state index is 12.7. The first kappa shape index (κ1) is 17.0. The van der Waals surface area contributed by atoms with Crippen molar-refractivity contribution in [2.24, 2.45) is 5.92 Å². The maximum absolute atomic E-state index is 12.7. The van der Waals surface area contributed by atoms with Gasteiger partial charge in [0.25, 0.3) is 5.91 Å². The molecule has 1 aromatic carbocycles. The molecule has 4 nitrogen and oxygen atoms in total. The molecule has 0 radical (unpaired) electrons. The average molecular weight is 368 g/mol. The third kappa shape index (κ3) is 4.34. The lowest BCUT2D eigenvalue weighted by molar-refractivity contribution is 0.0574. The van der Waals surface area contributed by atoms with Crippen molar-refractivity contribution in [2.45, 2.75) is 12.8 Å². The van der Waals surface area contributed by atoms with E-state index in [1.807, 2.05) is 17.0 Å². The summed E-state index contributed by atoms with van der Waals surface area (Å²) in [7, 11) is 1.60. The van der Waals surface area contributed by atoms with Crippen LogP contribution < -0.4 is 4.74 Å². The fourth-order valence-electron chi connectivity index (χ4n) is 2.59. The number of hydrogen-bond acceptors (Lipinski definition) is 3. The summed E-state index contributed by atoms with van der Waals surface area (Å²) in [5.41, 5.74) is 0.653. The van der Waals surface area contributed by atoms with Crippen LogP contribution in [0.1, 0.15) is 23.2 Å². The van der Waals surface area contributed by atoms with Crippen LogP contribution in [0.3, 0.4) is 0 Å². The molecule has 0 aliphatic carbocycles. The van der Waals surface area contributed by atoms with Crippen LogP contribution in [-0.4, -0.2) is 44.2 Å². The molecule has 1 saturated heterocycles. The summed E-state index contributed by atoms with van der Waals surface area (Å²) in [5.74, 6) is 1.27. The van der Waals surface area contributed by atoms with Crippen molar-refractivity contribution in [3.05, 3.63) is 40.9 Å². The molecule has 5 heteroatoms. The number of hydrogen-bond donors (Lipinski definition) is 0. The Kier molecular flexibility index (Phi) is 6.46. The van der Waals surface area contributed by atoms with E-state index >= 15 is 0 Å². The topological polar surface area (TPSA) is 38.8 Å². The summed E-state index contributed by atoms with van der Waals surface area (Å²) in [4.78, 5) is 14.6. The Hall–Kier alpha value is -1.33. The Bertz CT molecular complexity index is 525. The minimum absolute atomic E-state index is 0.0521. The van der Waals surface area contributed by atoms with Gasteiger partial charge >= 0.3 is 0 Å². The second-order valence-electron chi connectivity index (χ2n) is 5.41. The van der Waals surface area contributed by atoms with E-state index in [-0.39, 0.29) is 5.91 Å². The maximum Gasteiger partial charge on any atom is 0.255 e. The molecule has 2 rings (SSSR count). The molecule has 0 bridgehead atoms. The van der Waals surface area contributed by atoms with Gasteiger partial charge in [0.15, 0.2) is 0 Å². The van der Waals surface area contributed by atoms with E-state index in [1.165, 1.54) is 0 Å². The fraction of sp³-hybridized carbons (Fsp3) is 0.471. The molecule has 1 amide bonds. The zero-order valence-corrected chi connectivity index (χ0v) is 14.5. The molecule has 1 aliphatic heterocycles. The minimum Gasteiger partial charge on any atom is -0.497 e. The lowest BCUT2D eigenvalue weighted by Crippen LogP contribution is -2.39. The van der Waals surface area contributed by atoms with Gasteiger partial charge in [0.2, 0.25) is 0 Å². The van der Waals surface area contributed by atoms with Crippen LogP contribution in [0.5, 0.6) is 5.75 Å². The minimum atomic E-state index is 0.0521. The van der Waals surface area contributed by atoms with Crippen LogP contribution in [-0.2, 0) is 4.74 Å². The third-order valence-corrected chi connectivity index (χ3v) is 4.59. The summed E-state index contributed by atoms with van der Waals surface area (Å²) in [5, 5.41) is 0. The lowest BCUT2D eigenvalue weighted by atomic mass is 9.97. The van der Waals surface area contributed by atoms with Gasteiger partial charge in [-0.25, -0.2) is 0 Å². The number of amides is 1. The van der Waals surface area contributed by atoms with Gasteiger partial charge in [-0.1, -0.05) is 6.08 Å². The van der Waals surface area contributed by atoms with Gasteiger partial charge in [0.05, 0.1) is 19.3 Å². The van der Waals surface area contributed by atoms with Gasteiger partial charge < -0.3 is 14.4 Å². The average Bonchev–Trinajstić information content (AvgIpc) is 2.55. The highest BCUT2D eigenvalue weighted by atomic mass is 79.9. The molecule has 22 heavy (non-hydrogen) atoms. The van der Waals surface area contributed by atoms with Crippen LogP contribution in [0.15, 0.2) is 35.3 Å².